The van der Waals surface area contributed by atoms with Gasteiger partial charge in [0, 0.05) is 10.7 Å². The maximum Gasteiger partial charge on any atom is 0.263 e. The van der Waals surface area contributed by atoms with E-state index < -0.39 is 10.0 Å². The Bertz CT molecular complexity index is 766. The van der Waals surface area contributed by atoms with Gasteiger partial charge in [-0.2, -0.15) is 0 Å². The van der Waals surface area contributed by atoms with E-state index in [4.69, 9.17) is 23.2 Å². The highest BCUT2D eigenvalue weighted by Crippen LogP contribution is 2.35. The molecule has 0 fully saturated rings. The van der Waals surface area contributed by atoms with Crippen LogP contribution >= 0.6 is 39.1 Å². The van der Waals surface area contributed by atoms with Gasteiger partial charge in [-0.05, 0) is 46.6 Å². The quantitative estimate of drug-likeness (QED) is 0.789. The van der Waals surface area contributed by atoms with Gasteiger partial charge < -0.3 is 0 Å². The van der Waals surface area contributed by atoms with E-state index in [1.807, 2.05) is 0 Å². The summed E-state index contributed by atoms with van der Waals surface area (Å²) in [6.45, 7) is 1.77. The molecule has 20 heavy (non-hydrogen) atoms. The molecule has 0 saturated carbocycles. The Hall–Kier alpha value is -0.820. The Morgan fingerprint density at radius 2 is 1.90 bits per heavy atom. The van der Waals surface area contributed by atoms with E-state index in [9.17, 15) is 8.42 Å². The Balaban J connectivity index is 2.47. The number of aryl methyl sites for hydroxylation is 1. The molecule has 0 spiro atoms. The molecule has 0 radical (unpaired) electrons. The molecule has 4 nitrogen and oxygen atoms in total. The second kappa shape index (κ2) is 5.89. The van der Waals surface area contributed by atoms with Gasteiger partial charge in [0.1, 0.15) is 4.90 Å². The molecule has 1 heterocycles. The van der Waals surface area contributed by atoms with E-state index in [-0.39, 0.29) is 14.9 Å². The number of rotatable bonds is 3. The minimum atomic E-state index is -3.83. The van der Waals surface area contributed by atoms with Gasteiger partial charge >= 0.3 is 0 Å². The molecule has 0 aliphatic rings. The van der Waals surface area contributed by atoms with Gasteiger partial charge in [0.15, 0.2) is 0 Å². The fraction of sp³-hybridized carbons (Fsp3) is 0.0833. The summed E-state index contributed by atoms with van der Waals surface area (Å²) in [6, 6.07) is 4.61. The first-order chi connectivity index (χ1) is 9.33. The SMILES string of the molecule is Cc1ccncc1NS(=O)(=O)c1ccc(Br)c(Cl)c1Cl. The maximum atomic E-state index is 12.3. The van der Waals surface area contributed by atoms with Gasteiger partial charge in [-0.15, -0.1) is 0 Å². The van der Waals surface area contributed by atoms with Crippen molar-refractivity contribution < 1.29 is 8.42 Å². The molecule has 8 heteroatoms. The van der Waals surface area contributed by atoms with Crippen molar-refractivity contribution in [3.05, 3.63) is 50.7 Å². The molecule has 0 bridgehead atoms. The van der Waals surface area contributed by atoms with Gasteiger partial charge in [0.05, 0.1) is 21.9 Å². The number of hydrogen-bond donors (Lipinski definition) is 1. The highest BCUT2D eigenvalue weighted by atomic mass is 79.9. The molecule has 1 aromatic heterocycles. The molecule has 1 aromatic carbocycles. The molecular formula is C12H9BrCl2N2O2S. The van der Waals surface area contributed by atoms with Crippen LogP contribution in [0, 0.1) is 6.92 Å². The van der Waals surface area contributed by atoms with Gasteiger partial charge in [-0.1, -0.05) is 23.2 Å². The van der Waals surface area contributed by atoms with E-state index >= 15 is 0 Å². The lowest BCUT2D eigenvalue weighted by atomic mass is 10.3. The Morgan fingerprint density at radius 3 is 2.55 bits per heavy atom. The summed E-state index contributed by atoms with van der Waals surface area (Å²) in [7, 11) is -3.83. The zero-order chi connectivity index (χ0) is 14.9. The summed E-state index contributed by atoms with van der Waals surface area (Å²) in [4.78, 5) is 3.80. The first-order valence-electron chi connectivity index (χ1n) is 5.40. The number of halogens is 3. The summed E-state index contributed by atoms with van der Waals surface area (Å²) >= 11 is 15.1. The van der Waals surface area contributed by atoms with Gasteiger partial charge in [-0.25, -0.2) is 8.42 Å². The molecular weight excluding hydrogens is 387 g/mol. The van der Waals surface area contributed by atoms with E-state index in [2.05, 4.69) is 25.6 Å². The number of aromatic nitrogens is 1. The van der Waals surface area contributed by atoms with Gasteiger partial charge in [0.25, 0.3) is 10.0 Å². The minimum Gasteiger partial charge on any atom is -0.278 e. The van der Waals surface area contributed by atoms with E-state index in [1.54, 1.807) is 19.2 Å². The van der Waals surface area contributed by atoms with Crippen molar-refractivity contribution in [3.63, 3.8) is 0 Å². The standard InChI is InChI=1S/C12H9BrCl2N2O2S/c1-7-4-5-16-6-9(7)17-20(18,19)10-3-2-8(13)11(14)12(10)15/h2-6,17H,1H3. The van der Waals surface area contributed by atoms with Crippen molar-refractivity contribution in [2.45, 2.75) is 11.8 Å². The topological polar surface area (TPSA) is 59.1 Å². The summed E-state index contributed by atoms with van der Waals surface area (Å²) in [5, 5.41) is 0.118. The number of pyridine rings is 1. The first-order valence-corrected chi connectivity index (χ1v) is 8.43. The van der Waals surface area contributed by atoms with Crippen LogP contribution in [0.25, 0.3) is 0 Å². The molecule has 0 unspecified atom stereocenters. The largest absolute Gasteiger partial charge is 0.278 e. The normalized spacial score (nSPS) is 11.4. The molecule has 2 rings (SSSR count). The van der Waals surface area contributed by atoms with Crippen LogP contribution < -0.4 is 4.72 Å². The monoisotopic (exact) mass is 394 g/mol. The number of hydrogen-bond acceptors (Lipinski definition) is 3. The fourth-order valence-corrected chi connectivity index (χ4v) is 3.82. The zero-order valence-electron chi connectivity index (χ0n) is 10.2. The van der Waals surface area contributed by atoms with E-state index in [0.29, 0.717) is 10.2 Å². The third kappa shape index (κ3) is 3.09. The summed E-state index contributed by atoms with van der Waals surface area (Å²) in [6.07, 6.45) is 3.01. The molecule has 0 saturated heterocycles. The van der Waals surface area contributed by atoms with Crippen LogP contribution in [0.15, 0.2) is 40.0 Å². The number of anilines is 1. The number of sulfonamides is 1. The molecule has 0 aliphatic carbocycles. The Labute approximate surface area is 135 Å². The average Bonchev–Trinajstić information content (AvgIpc) is 2.38. The lowest BCUT2D eigenvalue weighted by Crippen LogP contribution is -2.14. The second-order valence-corrected chi connectivity index (χ2v) is 7.23. The lowest BCUT2D eigenvalue weighted by Gasteiger charge is -2.12. The summed E-state index contributed by atoms with van der Waals surface area (Å²) in [5.41, 5.74) is 1.14. The number of nitrogens with one attached hydrogen (secondary N) is 1. The molecule has 0 atom stereocenters. The van der Waals surface area contributed by atoms with Crippen molar-refractivity contribution in [3.8, 4) is 0 Å². The van der Waals surface area contributed by atoms with Crippen molar-refractivity contribution in [2.24, 2.45) is 0 Å². The van der Waals surface area contributed by atoms with Crippen LogP contribution in [0.3, 0.4) is 0 Å². The van der Waals surface area contributed by atoms with Crippen molar-refractivity contribution in [2.75, 3.05) is 4.72 Å². The molecule has 0 aliphatic heterocycles. The van der Waals surface area contributed by atoms with Crippen molar-refractivity contribution in [1.29, 1.82) is 0 Å². The van der Waals surface area contributed by atoms with Crippen LogP contribution in [0.5, 0.6) is 0 Å². The average molecular weight is 396 g/mol. The highest BCUT2D eigenvalue weighted by molar-refractivity contribution is 9.10. The smallest absolute Gasteiger partial charge is 0.263 e. The minimum absolute atomic E-state index is 0.0323. The van der Waals surface area contributed by atoms with Crippen LogP contribution in [-0.4, -0.2) is 13.4 Å². The van der Waals surface area contributed by atoms with Crippen LogP contribution in [0.4, 0.5) is 5.69 Å². The highest BCUT2D eigenvalue weighted by Gasteiger charge is 2.21. The summed E-state index contributed by atoms with van der Waals surface area (Å²) < 4.78 is 27.7. The third-order valence-corrected chi connectivity index (χ3v) is 5.86. The number of nitrogens with zero attached hydrogens (tertiary/aromatic N) is 1. The first kappa shape index (κ1) is 15.6. The third-order valence-electron chi connectivity index (χ3n) is 2.57. The van der Waals surface area contributed by atoms with Crippen LogP contribution in [0.2, 0.25) is 10.0 Å². The van der Waals surface area contributed by atoms with E-state index in [1.165, 1.54) is 18.3 Å². The predicted octanol–water partition coefficient (Wildman–Crippen LogP) is 4.26. The van der Waals surface area contributed by atoms with E-state index in [0.717, 1.165) is 5.56 Å². The molecule has 106 valence electrons. The predicted molar refractivity (Wildman–Crippen MR) is 83.9 cm³/mol. The van der Waals surface area contributed by atoms with Crippen molar-refractivity contribution in [1.82, 2.24) is 4.98 Å². The molecule has 2 aromatic rings. The van der Waals surface area contributed by atoms with Gasteiger partial charge in [0.2, 0.25) is 0 Å². The maximum absolute atomic E-state index is 12.3. The Morgan fingerprint density at radius 1 is 1.20 bits per heavy atom. The summed E-state index contributed by atoms with van der Waals surface area (Å²) in [5.74, 6) is 0. The second-order valence-electron chi connectivity index (χ2n) is 3.97. The fourth-order valence-electron chi connectivity index (χ4n) is 1.49. The molecule has 0 amide bonds. The van der Waals surface area contributed by atoms with Crippen molar-refractivity contribution >= 4 is 54.8 Å². The zero-order valence-corrected chi connectivity index (χ0v) is 14.1. The lowest BCUT2D eigenvalue weighted by molar-refractivity contribution is 0.601. The molecule has 1 N–H and O–H groups in total. The van der Waals surface area contributed by atoms with Gasteiger partial charge in [-0.3, -0.25) is 9.71 Å². The Kier molecular flexibility index (Phi) is 4.59. The number of benzene rings is 1. The van der Waals surface area contributed by atoms with Crippen LogP contribution in [0.1, 0.15) is 5.56 Å². The van der Waals surface area contributed by atoms with Crippen LogP contribution in [-0.2, 0) is 10.0 Å².